The fraction of sp³-hybridized carbons (Fsp3) is 0.259. The number of rotatable bonds is 10. The van der Waals surface area contributed by atoms with Gasteiger partial charge in [-0.05, 0) is 53.9 Å². The number of benzene rings is 3. The van der Waals surface area contributed by atoms with Crippen molar-refractivity contribution in [3.8, 4) is 0 Å². The molecule has 0 aliphatic carbocycles. The number of carbonyl (C=O) groups excluding carboxylic acids is 2. The Morgan fingerprint density at radius 1 is 0.974 bits per heavy atom. The Morgan fingerprint density at radius 3 is 2.24 bits per heavy atom. The normalized spacial score (nSPS) is 12.1. The zero-order chi connectivity index (χ0) is 28.0. The summed E-state index contributed by atoms with van der Waals surface area (Å²) in [7, 11) is -2.34. The van der Waals surface area contributed by atoms with Gasteiger partial charge in [0.1, 0.15) is 12.6 Å². The van der Waals surface area contributed by atoms with Gasteiger partial charge in [-0.2, -0.15) is 0 Å². The molecule has 202 valence electrons. The quantitative estimate of drug-likeness (QED) is 0.329. The van der Waals surface area contributed by atoms with Gasteiger partial charge in [0.2, 0.25) is 21.8 Å². The molecule has 0 radical (unpaired) electrons. The maximum Gasteiger partial charge on any atom is 0.244 e. The number of amides is 2. The van der Waals surface area contributed by atoms with Crippen LogP contribution >= 0.6 is 39.1 Å². The van der Waals surface area contributed by atoms with E-state index in [2.05, 4.69) is 21.2 Å². The van der Waals surface area contributed by atoms with Gasteiger partial charge in [-0.25, -0.2) is 8.42 Å². The molecule has 0 aliphatic rings. The molecule has 0 unspecified atom stereocenters. The molecule has 3 rings (SSSR count). The van der Waals surface area contributed by atoms with Crippen molar-refractivity contribution in [2.75, 3.05) is 24.2 Å². The zero-order valence-corrected chi connectivity index (χ0v) is 25.0. The molecule has 11 heteroatoms. The van der Waals surface area contributed by atoms with E-state index in [0.29, 0.717) is 21.3 Å². The van der Waals surface area contributed by atoms with Crippen LogP contribution in [0.1, 0.15) is 16.7 Å². The van der Waals surface area contributed by atoms with Crippen molar-refractivity contribution in [3.63, 3.8) is 0 Å². The van der Waals surface area contributed by atoms with Gasteiger partial charge in [0.05, 0.1) is 22.0 Å². The number of likely N-dealkylation sites (N-methyl/N-ethyl adjacent to an activating group) is 1. The molecule has 0 heterocycles. The minimum absolute atomic E-state index is 0.0115. The number of hydrogen-bond acceptors (Lipinski definition) is 4. The Morgan fingerprint density at radius 2 is 1.66 bits per heavy atom. The van der Waals surface area contributed by atoms with Gasteiger partial charge in [-0.3, -0.25) is 13.9 Å². The third kappa shape index (κ3) is 7.72. The SMILES string of the molecule is CNC(=O)[C@H](Cc1ccccc1)N(Cc1ccc(Cl)c(Cl)c1)C(=O)CN(c1ccc(Br)c(C)c1)S(C)(=O)=O. The lowest BCUT2D eigenvalue weighted by Crippen LogP contribution is -2.52. The summed E-state index contributed by atoms with van der Waals surface area (Å²) in [6.07, 6.45) is 1.27. The van der Waals surface area contributed by atoms with Crippen LogP contribution in [0.25, 0.3) is 0 Å². The molecule has 1 N–H and O–H groups in total. The number of aryl methyl sites for hydroxylation is 1. The molecule has 7 nitrogen and oxygen atoms in total. The van der Waals surface area contributed by atoms with Gasteiger partial charge in [-0.1, -0.05) is 75.5 Å². The van der Waals surface area contributed by atoms with Gasteiger partial charge < -0.3 is 10.2 Å². The first-order valence-corrected chi connectivity index (χ1v) is 15.0. The predicted octanol–water partition coefficient (Wildman–Crippen LogP) is 5.22. The molecule has 0 saturated heterocycles. The number of nitrogens with one attached hydrogen (secondary N) is 1. The average molecular weight is 641 g/mol. The van der Waals surface area contributed by atoms with Crippen LogP contribution in [0.5, 0.6) is 0 Å². The highest BCUT2D eigenvalue weighted by molar-refractivity contribution is 9.10. The Balaban J connectivity index is 2.05. The van der Waals surface area contributed by atoms with Crippen LogP contribution < -0.4 is 9.62 Å². The average Bonchev–Trinajstić information content (AvgIpc) is 2.87. The Bertz CT molecular complexity index is 1420. The number of carbonyl (C=O) groups is 2. The van der Waals surface area contributed by atoms with Crippen molar-refractivity contribution in [1.82, 2.24) is 10.2 Å². The van der Waals surface area contributed by atoms with Gasteiger partial charge in [0, 0.05) is 24.5 Å². The molecular formula is C27H28BrCl2N3O4S. The smallest absolute Gasteiger partial charge is 0.244 e. The van der Waals surface area contributed by atoms with Crippen LogP contribution in [0.15, 0.2) is 71.2 Å². The summed E-state index contributed by atoms with van der Waals surface area (Å²) in [4.78, 5) is 28.4. The third-order valence-electron chi connectivity index (χ3n) is 5.96. The fourth-order valence-corrected chi connectivity index (χ4v) is 5.36. The molecule has 1 atom stereocenters. The summed E-state index contributed by atoms with van der Waals surface area (Å²) in [5.41, 5.74) is 2.64. The number of halogens is 3. The minimum Gasteiger partial charge on any atom is -0.357 e. The Labute approximate surface area is 241 Å². The first kappa shape index (κ1) is 30.0. The molecule has 0 spiro atoms. The number of nitrogens with zero attached hydrogens (tertiary/aromatic N) is 2. The van der Waals surface area contributed by atoms with E-state index in [-0.39, 0.29) is 18.9 Å². The fourth-order valence-electron chi connectivity index (χ4n) is 3.95. The van der Waals surface area contributed by atoms with Crippen LogP contribution in [0.4, 0.5) is 5.69 Å². The molecule has 0 bridgehead atoms. The maximum absolute atomic E-state index is 13.9. The highest BCUT2D eigenvalue weighted by Gasteiger charge is 2.32. The second-order valence-electron chi connectivity index (χ2n) is 8.79. The predicted molar refractivity (Wildman–Crippen MR) is 156 cm³/mol. The van der Waals surface area contributed by atoms with Gasteiger partial charge in [0.15, 0.2) is 0 Å². The first-order chi connectivity index (χ1) is 17.9. The van der Waals surface area contributed by atoms with Gasteiger partial charge in [-0.15, -0.1) is 0 Å². The maximum atomic E-state index is 13.9. The van der Waals surface area contributed by atoms with Crippen molar-refractivity contribution in [2.24, 2.45) is 0 Å². The van der Waals surface area contributed by atoms with Crippen LogP contribution in [0.2, 0.25) is 10.0 Å². The molecule has 0 fully saturated rings. The zero-order valence-electron chi connectivity index (χ0n) is 21.1. The van der Waals surface area contributed by atoms with Crippen molar-refractivity contribution >= 4 is 66.7 Å². The summed E-state index contributed by atoms with van der Waals surface area (Å²) < 4.78 is 27.5. The summed E-state index contributed by atoms with van der Waals surface area (Å²) in [6.45, 7) is 1.34. The number of sulfonamides is 1. The van der Waals surface area contributed by atoms with E-state index < -0.39 is 28.5 Å². The number of hydrogen-bond donors (Lipinski definition) is 1. The molecule has 3 aromatic rings. The van der Waals surface area contributed by atoms with Crippen LogP contribution in [-0.4, -0.2) is 51.0 Å². The van der Waals surface area contributed by atoms with E-state index in [1.165, 1.54) is 11.9 Å². The summed E-state index contributed by atoms with van der Waals surface area (Å²) >= 11 is 15.7. The van der Waals surface area contributed by atoms with Gasteiger partial charge >= 0.3 is 0 Å². The molecule has 0 saturated carbocycles. The molecule has 38 heavy (non-hydrogen) atoms. The molecule has 3 aromatic carbocycles. The second kappa shape index (κ2) is 13.0. The highest BCUT2D eigenvalue weighted by atomic mass is 79.9. The number of anilines is 1. The third-order valence-corrected chi connectivity index (χ3v) is 8.73. The summed E-state index contributed by atoms with van der Waals surface area (Å²) in [5, 5.41) is 3.30. The first-order valence-electron chi connectivity index (χ1n) is 11.6. The van der Waals surface area contributed by atoms with Crippen LogP contribution in [-0.2, 0) is 32.6 Å². The van der Waals surface area contributed by atoms with Crippen molar-refractivity contribution in [2.45, 2.75) is 25.9 Å². The van der Waals surface area contributed by atoms with E-state index in [9.17, 15) is 18.0 Å². The van der Waals surface area contributed by atoms with E-state index >= 15 is 0 Å². The monoisotopic (exact) mass is 639 g/mol. The van der Waals surface area contributed by atoms with Crippen molar-refractivity contribution < 1.29 is 18.0 Å². The molecule has 0 aliphatic heterocycles. The van der Waals surface area contributed by atoms with Crippen molar-refractivity contribution in [3.05, 3.63) is 97.9 Å². The van der Waals surface area contributed by atoms with Crippen LogP contribution in [0.3, 0.4) is 0 Å². The topological polar surface area (TPSA) is 86.8 Å². The second-order valence-corrected chi connectivity index (χ2v) is 12.4. The molecule has 0 aromatic heterocycles. The van der Waals surface area contributed by atoms with Crippen molar-refractivity contribution in [1.29, 1.82) is 0 Å². The molecule has 2 amide bonds. The lowest BCUT2D eigenvalue weighted by Gasteiger charge is -2.33. The lowest BCUT2D eigenvalue weighted by atomic mass is 10.0. The minimum atomic E-state index is -3.84. The largest absolute Gasteiger partial charge is 0.357 e. The Kier molecular flexibility index (Phi) is 10.2. The summed E-state index contributed by atoms with van der Waals surface area (Å²) in [6, 6.07) is 18.4. The van der Waals surface area contributed by atoms with E-state index in [0.717, 1.165) is 26.2 Å². The lowest BCUT2D eigenvalue weighted by molar-refractivity contribution is -0.139. The Hall–Kier alpha value is -2.59. The standard InChI is InChI=1S/C27H28BrCl2N3O4S/c1-18-13-21(10-11-22(18)28)33(38(3,36)37)17-26(34)32(16-20-9-12-23(29)24(30)14-20)25(27(35)31-2)15-19-7-5-4-6-8-19/h4-14,25H,15-17H2,1-3H3,(H,31,35)/t25-/m0/s1. The van der Waals surface area contributed by atoms with E-state index in [1.807, 2.05) is 37.3 Å². The molecular weight excluding hydrogens is 613 g/mol. The van der Waals surface area contributed by atoms with Gasteiger partial charge in [0.25, 0.3) is 0 Å². The van der Waals surface area contributed by atoms with E-state index in [1.54, 1.807) is 36.4 Å². The highest BCUT2D eigenvalue weighted by Crippen LogP contribution is 2.27. The van der Waals surface area contributed by atoms with E-state index in [4.69, 9.17) is 23.2 Å². The summed E-state index contributed by atoms with van der Waals surface area (Å²) in [5.74, 6) is -0.931. The van der Waals surface area contributed by atoms with Crippen LogP contribution in [0, 0.1) is 6.92 Å².